The van der Waals surface area contributed by atoms with Crippen LogP contribution < -0.4 is 0 Å². The molecule has 0 amide bonds. The number of aryl methyl sites for hydroxylation is 1. The fourth-order valence-corrected chi connectivity index (χ4v) is 3.41. The summed E-state index contributed by atoms with van der Waals surface area (Å²) in [5, 5.41) is 22.2. The molecular weight excluding hydrogens is 459 g/mol. The fourth-order valence-electron chi connectivity index (χ4n) is 2.74. The number of hydrogen-bond acceptors (Lipinski definition) is 6. The van der Waals surface area contributed by atoms with Crippen molar-refractivity contribution in [1.29, 1.82) is 0 Å². The van der Waals surface area contributed by atoms with Crippen LogP contribution in [0.15, 0.2) is 46.2 Å². The molecule has 2 aromatic heterocycles. The Morgan fingerprint density at radius 3 is 2.61 bits per heavy atom. The Morgan fingerprint density at radius 1 is 1.25 bits per heavy atom. The van der Waals surface area contributed by atoms with E-state index >= 15 is 8.78 Å². The first-order chi connectivity index (χ1) is 13.2. The molecule has 6 nitrogen and oxygen atoms in total. The van der Waals surface area contributed by atoms with Crippen molar-refractivity contribution in [2.75, 3.05) is 6.26 Å². The van der Waals surface area contributed by atoms with Gasteiger partial charge >= 0.3 is 5.92 Å². The number of thioether (sulfide) groups is 1. The van der Waals surface area contributed by atoms with Crippen LogP contribution in [0.3, 0.4) is 0 Å². The molecule has 11 heteroatoms. The Bertz CT molecular complexity index is 985. The minimum absolute atomic E-state index is 0.200. The molecule has 2 heterocycles. The third-order valence-corrected chi connectivity index (χ3v) is 5.33. The van der Waals surface area contributed by atoms with Gasteiger partial charge in [0.25, 0.3) is 0 Å². The standard InChI is InChI=1S/C17H15BrF3N5OS/c1-10-3-5-12(13(19)7-10)16(27,9-26-15(28-2)23-24-25-26)17(20,21)14-6-4-11(18)8-22-14/h3-8,27H,9H2,1-2H3. The zero-order valence-electron chi connectivity index (χ0n) is 14.8. The van der Waals surface area contributed by atoms with Crippen molar-refractivity contribution in [2.24, 2.45) is 0 Å². The highest BCUT2D eigenvalue weighted by Crippen LogP contribution is 2.47. The van der Waals surface area contributed by atoms with Crippen molar-refractivity contribution in [2.45, 2.75) is 30.1 Å². The van der Waals surface area contributed by atoms with Gasteiger partial charge in [-0.3, -0.25) is 4.98 Å². The highest BCUT2D eigenvalue weighted by atomic mass is 79.9. The molecule has 1 unspecified atom stereocenters. The van der Waals surface area contributed by atoms with Crippen LogP contribution >= 0.6 is 27.7 Å². The normalized spacial score (nSPS) is 14.1. The SMILES string of the molecule is CSc1nnnn1CC(O)(c1ccc(C)cc1F)C(F)(F)c1ccc(Br)cn1. The molecule has 0 saturated carbocycles. The van der Waals surface area contributed by atoms with Crippen molar-refractivity contribution < 1.29 is 18.3 Å². The zero-order valence-corrected chi connectivity index (χ0v) is 17.2. The Kier molecular flexibility index (Phi) is 5.78. The van der Waals surface area contributed by atoms with Gasteiger partial charge in [-0.1, -0.05) is 23.9 Å². The van der Waals surface area contributed by atoms with Crippen molar-refractivity contribution >= 4 is 27.7 Å². The molecular formula is C17H15BrF3N5OS. The molecule has 0 spiro atoms. The molecule has 28 heavy (non-hydrogen) atoms. The third-order valence-electron chi connectivity index (χ3n) is 4.20. The van der Waals surface area contributed by atoms with E-state index in [4.69, 9.17) is 0 Å². The number of aliphatic hydroxyl groups is 1. The van der Waals surface area contributed by atoms with Gasteiger partial charge in [0.15, 0.2) is 5.60 Å². The second-order valence-corrected chi connectivity index (χ2v) is 7.79. The Morgan fingerprint density at radius 2 is 2.00 bits per heavy atom. The van der Waals surface area contributed by atoms with Crippen LogP contribution in [0.2, 0.25) is 0 Å². The van der Waals surface area contributed by atoms with Gasteiger partial charge in [0, 0.05) is 16.2 Å². The van der Waals surface area contributed by atoms with Crippen LogP contribution in [-0.2, 0) is 18.1 Å². The minimum atomic E-state index is -3.95. The van der Waals surface area contributed by atoms with Crippen LogP contribution in [0.25, 0.3) is 0 Å². The zero-order chi connectivity index (χ0) is 20.5. The summed E-state index contributed by atoms with van der Waals surface area (Å²) in [6.07, 6.45) is 2.83. The summed E-state index contributed by atoms with van der Waals surface area (Å²) in [4.78, 5) is 3.72. The Balaban J connectivity index is 2.19. The number of tetrazole rings is 1. The minimum Gasteiger partial charge on any atom is -0.377 e. The van der Waals surface area contributed by atoms with Gasteiger partial charge in [0.2, 0.25) is 5.16 Å². The lowest BCUT2D eigenvalue weighted by Crippen LogP contribution is -2.48. The molecule has 0 aliphatic heterocycles. The van der Waals surface area contributed by atoms with Crippen LogP contribution in [0.5, 0.6) is 0 Å². The number of rotatable bonds is 6. The van der Waals surface area contributed by atoms with E-state index in [9.17, 15) is 9.50 Å². The molecule has 0 aliphatic rings. The van der Waals surface area contributed by atoms with Gasteiger partial charge in [0.1, 0.15) is 11.5 Å². The largest absolute Gasteiger partial charge is 0.377 e. The summed E-state index contributed by atoms with van der Waals surface area (Å²) in [6, 6.07) is 6.10. The lowest BCUT2D eigenvalue weighted by Gasteiger charge is -2.36. The lowest BCUT2D eigenvalue weighted by molar-refractivity contribution is -0.208. The highest BCUT2D eigenvalue weighted by Gasteiger charge is 2.58. The van der Waals surface area contributed by atoms with Crippen molar-refractivity contribution in [3.8, 4) is 0 Å². The van der Waals surface area contributed by atoms with Crippen LogP contribution in [0.1, 0.15) is 16.8 Å². The van der Waals surface area contributed by atoms with Crippen LogP contribution in [-0.4, -0.2) is 36.6 Å². The van der Waals surface area contributed by atoms with E-state index in [1.807, 2.05) is 0 Å². The predicted octanol–water partition coefficient (Wildman–Crippen LogP) is 3.68. The van der Waals surface area contributed by atoms with E-state index in [0.717, 1.165) is 34.6 Å². The molecule has 0 aliphatic carbocycles. The average Bonchev–Trinajstić information content (AvgIpc) is 3.08. The van der Waals surface area contributed by atoms with Crippen LogP contribution in [0, 0.1) is 12.7 Å². The van der Waals surface area contributed by atoms with E-state index in [1.54, 1.807) is 13.2 Å². The number of pyridine rings is 1. The first-order valence-corrected chi connectivity index (χ1v) is 10.00. The number of nitrogens with zero attached hydrogens (tertiary/aromatic N) is 5. The Hall–Kier alpha value is -1.98. The summed E-state index contributed by atoms with van der Waals surface area (Å²) < 4.78 is 47.3. The quantitative estimate of drug-likeness (QED) is 0.550. The van der Waals surface area contributed by atoms with E-state index in [2.05, 4.69) is 36.4 Å². The van der Waals surface area contributed by atoms with Gasteiger partial charge in [-0.05, 0) is 63.3 Å². The van der Waals surface area contributed by atoms with Gasteiger partial charge in [-0.2, -0.15) is 8.78 Å². The van der Waals surface area contributed by atoms with E-state index in [-0.39, 0.29) is 5.16 Å². The number of hydrogen-bond donors (Lipinski definition) is 1. The number of halogens is 4. The Labute approximate surface area is 171 Å². The predicted molar refractivity (Wildman–Crippen MR) is 100 cm³/mol. The molecule has 0 fully saturated rings. The van der Waals surface area contributed by atoms with Gasteiger partial charge in [0.05, 0.1) is 6.54 Å². The van der Waals surface area contributed by atoms with E-state index in [1.165, 1.54) is 18.3 Å². The molecule has 3 aromatic rings. The summed E-state index contributed by atoms with van der Waals surface area (Å²) in [5.74, 6) is -4.91. The van der Waals surface area contributed by atoms with Crippen molar-refractivity contribution in [3.63, 3.8) is 0 Å². The molecule has 0 bridgehead atoms. The number of alkyl halides is 2. The smallest absolute Gasteiger partial charge is 0.323 e. The monoisotopic (exact) mass is 473 g/mol. The summed E-state index contributed by atoms with van der Waals surface area (Å²) in [7, 11) is 0. The second-order valence-electron chi connectivity index (χ2n) is 6.10. The first-order valence-electron chi connectivity index (χ1n) is 7.98. The fraction of sp³-hybridized carbons (Fsp3) is 0.294. The van der Waals surface area contributed by atoms with Gasteiger partial charge in [-0.25, -0.2) is 9.07 Å². The molecule has 0 saturated heterocycles. The number of benzene rings is 1. The average molecular weight is 474 g/mol. The van der Waals surface area contributed by atoms with Crippen molar-refractivity contribution in [3.05, 3.63) is 63.6 Å². The molecule has 0 radical (unpaired) electrons. The maximum absolute atomic E-state index is 15.5. The molecule has 1 aromatic carbocycles. The molecule has 1 atom stereocenters. The summed E-state index contributed by atoms with van der Waals surface area (Å²) >= 11 is 4.24. The summed E-state index contributed by atoms with van der Waals surface area (Å²) in [5.41, 5.74) is -3.75. The third kappa shape index (κ3) is 3.65. The summed E-state index contributed by atoms with van der Waals surface area (Å²) in [6.45, 7) is 0.842. The molecule has 1 N–H and O–H groups in total. The van der Waals surface area contributed by atoms with Gasteiger partial charge in [-0.15, -0.1) is 5.10 Å². The van der Waals surface area contributed by atoms with Crippen molar-refractivity contribution in [1.82, 2.24) is 25.2 Å². The maximum Gasteiger partial charge on any atom is 0.323 e. The number of aromatic nitrogens is 5. The highest BCUT2D eigenvalue weighted by molar-refractivity contribution is 9.10. The van der Waals surface area contributed by atoms with Gasteiger partial charge < -0.3 is 5.11 Å². The molecule has 3 rings (SSSR count). The topological polar surface area (TPSA) is 76.7 Å². The lowest BCUT2D eigenvalue weighted by atomic mass is 9.84. The van der Waals surface area contributed by atoms with E-state index < -0.39 is 35.1 Å². The second kappa shape index (κ2) is 7.80. The maximum atomic E-state index is 15.5. The van der Waals surface area contributed by atoms with Crippen LogP contribution in [0.4, 0.5) is 13.2 Å². The first kappa shape index (κ1) is 20.7. The van der Waals surface area contributed by atoms with E-state index in [0.29, 0.717) is 10.0 Å². The molecule has 148 valence electrons.